The van der Waals surface area contributed by atoms with Crippen LogP contribution in [0.25, 0.3) is 11.1 Å². The van der Waals surface area contributed by atoms with Crippen LogP contribution in [-0.2, 0) is 4.74 Å². The van der Waals surface area contributed by atoms with Crippen molar-refractivity contribution in [3.63, 3.8) is 0 Å². The fraction of sp³-hybridized carbons (Fsp3) is 0.321. The van der Waals surface area contributed by atoms with E-state index in [1.807, 2.05) is 31.2 Å². The maximum Gasteiger partial charge on any atom is 0.343 e. The molecule has 3 rings (SSSR count). The minimum atomic E-state index is -0.405. The van der Waals surface area contributed by atoms with Crippen molar-refractivity contribution < 1.29 is 19.0 Å². The van der Waals surface area contributed by atoms with E-state index < -0.39 is 5.97 Å². The molecule has 4 nitrogen and oxygen atoms in total. The molecule has 0 amide bonds. The number of unbranched alkanes of at least 4 members (excludes halogenated alkanes) is 1. The molecule has 168 valence electrons. The van der Waals surface area contributed by atoms with Gasteiger partial charge in [0.25, 0.3) is 0 Å². The molecule has 3 aromatic carbocycles. The molecule has 1 unspecified atom stereocenters. The second-order valence-electron chi connectivity index (χ2n) is 7.75. The van der Waals surface area contributed by atoms with Gasteiger partial charge in [-0.25, -0.2) is 4.79 Å². The number of benzene rings is 3. The van der Waals surface area contributed by atoms with Crippen LogP contribution >= 0.6 is 0 Å². The van der Waals surface area contributed by atoms with Gasteiger partial charge in [-0.1, -0.05) is 68.8 Å². The van der Waals surface area contributed by atoms with Crippen LogP contribution in [0.4, 0.5) is 0 Å². The number of para-hydroxylation sites is 2. The molecule has 0 heterocycles. The van der Waals surface area contributed by atoms with E-state index in [0.717, 1.165) is 42.6 Å². The lowest BCUT2D eigenvalue weighted by molar-refractivity contribution is 0.0637. The van der Waals surface area contributed by atoms with Gasteiger partial charge in [0.1, 0.15) is 0 Å². The van der Waals surface area contributed by atoms with E-state index >= 15 is 0 Å². The summed E-state index contributed by atoms with van der Waals surface area (Å²) in [6.07, 6.45) is 3.18. The SMILES string of the molecule is CCCCOC(C)c1ccc(-c2ccc(C(=O)Oc3ccccc3OCCC)cc2)cc1. The van der Waals surface area contributed by atoms with Crippen molar-refractivity contribution in [3.8, 4) is 22.6 Å². The Morgan fingerprint density at radius 1 is 0.781 bits per heavy atom. The molecule has 0 aliphatic rings. The summed E-state index contributed by atoms with van der Waals surface area (Å²) in [5, 5.41) is 0. The van der Waals surface area contributed by atoms with Gasteiger partial charge in [0, 0.05) is 6.61 Å². The van der Waals surface area contributed by atoms with Gasteiger partial charge >= 0.3 is 5.97 Å². The molecule has 4 heteroatoms. The molecule has 0 saturated carbocycles. The Balaban J connectivity index is 1.64. The predicted octanol–water partition coefficient (Wildman–Crippen LogP) is 7.24. The molecule has 0 aliphatic heterocycles. The van der Waals surface area contributed by atoms with Crippen LogP contribution in [0.5, 0.6) is 11.5 Å². The molecule has 0 spiro atoms. The van der Waals surface area contributed by atoms with Crippen LogP contribution in [0.3, 0.4) is 0 Å². The molecule has 0 aliphatic carbocycles. The maximum atomic E-state index is 12.6. The highest BCUT2D eigenvalue weighted by Gasteiger charge is 2.13. The lowest BCUT2D eigenvalue weighted by Gasteiger charge is -2.14. The summed E-state index contributed by atoms with van der Waals surface area (Å²) in [4.78, 5) is 12.6. The summed E-state index contributed by atoms with van der Waals surface area (Å²) >= 11 is 0. The highest BCUT2D eigenvalue weighted by atomic mass is 16.6. The van der Waals surface area contributed by atoms with Crippen molar-refractivity contribution in [2.24, 2.45) is 0 Å². The highest BCUT2D eigenvalue weighted by molar-refractivity contribution is 5.92. The first-order chi connectivity index (χ1) is 15.6. The van der Waals surface area contributed by atoms with E-state index in [1.165, 1.54) is 0 Å². The number of hydrogen-bond acceptors (Lipinski definition) is 4. The standard InChI is InChI=1S/C28H32O4/c1-4-6-20-30-21(3)22-11-13-23(14-12-22)24-15-17-25(18-16-24)28(29)32-27-10-8-7-9-26(27)31-19-5-2/h7-18,21H,4-6,19-20H2,1-3H3. The fourth-order valence-corrected chi connectivity index (χ4v) is 3.27. The van der Waals surface area contributed by atoms with Gasteiger partial charge < -0.3 is 14.2 Å². The molecule has 0 saturated heterocycles. The zero-order valence-electron chi connectivity index (χ0n) is 19.2. The number of hydrogen-bond donors (Lipinski definition) is 0. The van der Waals surface area contributed by atoms with Gasteiger partial charge in [0.2, 0.25) is 0 Å². The zero-order valence-corrected chi connectivity index (χ0v) is 19.2. The van der Waals surface area contributed by atoms with Crippen LogP contribution < -0.4 is 9.47 Å². The van der Waals surface area contributed by atoms with E-state index in [0.29, 0.717) is 23.7 Å². The number of esters is 1. The van der Waals surface area contributed by atoms with Crippen molar-refractivity contribution in [3.05, 3.63) is 83.9 Å². The lowest BCUT2D eigenvalue weighted by atomic mass is 10.0. The van der Waals surface area contributed by atoms with Crippen LogP contribution in [0, 0.1) is 0 Å². The summed E-state index contributed by atoms with van der Waals surface area (Å²) in [6.45, 7) is 7.63. The van der Waals surface area contributed by atoms with Crippen LogP contribution in [0.2, 0.25) is 0 Å². The number of ether oxygens (including phenoxy) is 3. The molecule has 0 N–H and O–H groups in total. The van der Waals surface area contributed by atoms with E-state index in [-0.39, 0.29) is 6.10 Å². The smallest absolute Gasteiger partial charge is 0.343 e. The van der Waals surface area contributed by atoms with Gasteiger partial charge in [-0.15, -0.1) is 0 Å². The van der Waals surface area contributed by atoms with Crippen molar-refractivity contribution in [2.45, 2.75) is 46.1 Å². The number of carbonyl (C=O) groups excluding carboxylic acids is 1. The van der Waals surface area contributed by atoms with Gasteiger partial charge in [0.05, 0.1) is 18.3 Å². The summed E-state index contributed by atoms with van der Waals surface area (Å²) in [7, 11) is 0. The van der Waals surface area contributed by atoms with Crippen molar-refractivity contribution in [2.75, 3.05) is 13.2 Å². The Morgan fingerprint density at radius 3 is 2.03 bits per heavy atom. The first-order valence-corrected chi connectivity index (χ1v) is 11.4. The molecule has 0 bridgehead atoms. The topological polar surface area (TPSA) is 44.8 Å². The Labute approximate surface area is 191 Å². The third-order valence-corrected chi connectivity index (χ3v) is 5.21. The Kier molecular flexibility index (Phi) is 8.88. The third kappa shape index (κ3) is 6.44. The van der Waals surface area contributed by atoms with Crippen molar-refractivity contribution in [1.82, 2.24) is 0 Å². The van der Waals surface area contributed by atoms with Crippen LogP contribution in [0.15, 0.2) is 72.8 Å². The van der Waals surface area contributed by atoms with E-state index in [1.54, 1.807) is 24.3 Å². The minimum absolute atomic E-state index is 0.0805. The normalized spacial score (nSPS) is 11.7. The molecule has 0 radical (unpaired) electrons. The largest absolute Gasteiger partial charge is 0.490 e. The van der Waals surface area contributed by atoms with Crippen LogP contribution in [0.1, 0.15) is 62.1 Å². The first kappa shape index (κ1) is 23.6. The van der Waals surface area contributed by atoms with Crippen molar-refractivity contribution in [1.29, 1.82) is 0 Å². The third-order valence-electron chi connectivity index (χ3n) is 5.21. The second-order valence-corrected chi connectivity index (χ2v) is 7.75. The van der Waals surface area contributed by atoms with Crippen molar-refractivity contribution >= 4 is 5.97 Å². The van der Waals surface area contributed by atoms with Gasteiger partial charge in [-0.05, 0) is 60.7 Å². The van der Waals surface area contributed by atoms with Gasteiger partial charge in [0.15, 0.2) is 11.5 Å². The summed E-state index contributed by atoms with van der Waals surface area (Å²) in [6, 6.07) is 23.1. The first-order valence-electron chi connectivity index (χ1n) is 11.4. The molecular weight excluding hydrogens is 400 g/mol. The Morgan fingerprint density at radius 2 is 1.41 bits per heavy atom. The molecule has 0 aromatic heterocycles. The number of carbonyl (C=O) groups is 1. The molecular formula is C28H32O4. The average molecular weight is 433 g/mol. The average Bonchev–Trinajstić information content (AvgIpc) is 2.84. The molecule has 3 aromatic rings. The van der Waals surface area contributed by atoms with Gasteiger partial charge in [-0.2, -0.15) is 0 Å². The highest BCUT2D eigenvalue weighted by Crippen LogP contribution is 2.28. The minimum Gasteiger partial charge on any atom is -0.490 e. The molecule has 32 heavy (non-hydrogen) atoms. The van der Waals surface area contributed by atoms with E-state index in [9.17, 15) is 4.79 Å². The predicted molar refractivity (Wildman–Crippen MR) is 128 cm³/mol. The Bertz CT molecular complexity index is 977. The van der Waals surface area contributed by atoms with Gasteiger partial charge in [-0.3, -0.25) is 0 Å². The zero-order chi connectivity index (χ0) is 22.8. The monoisotopic (exact) mass is 432 g/mol. The van der Waals surface area contributed by atoms with E-state index in [2.05, 4.69) is 38.1 Å². The lowest BCUT2D eigenvalue weighted by Crippen LogP contribution is -2.09. The molecule has 1 atom stereocenters. The maximum absolute atomic E-state index is 12.6. The molecule has 0 fully saturated rings. The summed E-state index contributed by atoms with van der Waals surface area (Å²) in [5.41, 5.74) is 3.79. The van der Waals surface area contributed by atoms with Crippen LogP contribution in [-0.4, -0.2) is 19.2 Å². The fourth-order valence-electron chi connectivity index (χ4n) is 3.27. The number of rotatable bonds is 11. The summed E-state index contributed by atoms with van der Waals surface area (Å²) in [5.74, 6) is 0.603. The van der Waals surface area contributed by atoms with E-state index in [4.69, 9.17) is 14.2 Å². The Hall–Kier alpha value is -3.11. The summed E-state index contributed by atoms with van der Waals surface area (Å²) < 4.78 is 17.1. The quantitative estimate of drug-likeness (QED) is 0.182. The second kappa shape index (κ2) is 12.1.